The highest BCUT2D eigenvalue weighted by Crippen LogP contribution is 2.37. The lowest BCUT2D eigenvalue weighted by Crippen LogP contribution is -2.30. The standard InChI is InChI=1S/C14H16FNO/c1-9-2-7-12(14(16)17)13(8-9)10-3-5-11(15)6-4-10/h2-6,12-13H,7-8H2,1H3,(H2,16,17)/t12-,13+/m0/s1. The molecule has 1 aliphatic rings. The average molecular weight is 233 g/mol. The molecule has 0 spiro atoms. The lowest BCUT2D eigenvalue weighted by molar-refractivity contribution is -0.122. The zero-order chi connectivity index (χ0) is 12.4. The number of hydrogen-bond acceptors (Lipinski definition) is 1. The van der Waals surface area contributed by atoms with E-state index in [2.05, 4.69) is 6.08 Å². The fraction of sp³-hybridized carbons (Fsp3) is 0.357. The number of hydrogen-bond donors (Lipinski definition) is 1. The Morgan fingerprint density at radius 2 is 2.00 bits per heavy atom. The van der Waals surface area contributed by atoms with Crippen LogP contribution in [0.25, 0.3) is 0 Å². The highest BCUT2D eigenvalue weighted by Gasteiger charge is 2.29. The molecule has 0 aliphatic heterocycles. The molecule has 1 aromatic rings. The van der Waals surface area contributed by atoms with Crippen LogP contribution in [0.4, 0.5) is 4.39 Å². The van der Waals surface area contributed by atoms with Crippen LogP contribution in [0.5, 0.6) is 0 Å². The fourth-order valence-electron chi connectivity index (χ4n) is 2.44. The van der Waals surface area contributed by atoms with Crippen molar-refractivity contribution in [2.45, 2.75) is 25.7 Å². The van der Waals surface area contributed by atoms with Gasteiger partial charge in [0, 0.05) is 5.92 Å². The van der Waals surface area contributed by atoms with Crippen molar-refractivity contribution in [2.24, 2.45) is 11.7 Å². The van der Waals surface area contributed by atoms with E-state index in [1.165, 1.54) is 17.7 Å². The maximum Gasteiger partial charge on any atom is 0.221 e. The molecule has 2 N–H and O–H groups in total. The lowest BCUT2D eigenvalue weighted by Gasteiger charge is -2.28. The van der Waals surface area contributed by atoms with Gasteiger partial charge in [-0.3, -0.25) is 4.79 Å². The number of benzene rings is 1. The number of nitrogens with two attached hydrogens (primary N) is 1. The van der Waals surface area contributed by atoms with Gasteiger partial charge in [-0.1, -0.05) is 23.8 Å². The van der Waals surface area contributed by atoms with Gasteiger partial charge in [-0.25, -0.2) is 4.39 Å². The van der Waals surface area contributed by atoms with Crippen LogP contribution in [0.1, 0.15) is 31.2 Å². The molecule has 2 nitrogen and oxygen atoms in total. The lowest BCUT2D eigenvalue weighted by atomic mass is 9.76. The Balaban J connectivity index is 2.31. The summed E-state index contributed by atoms with van der Waals surface area (Å²) in [6.45, 7) is 2.05. The minimum Gasteiger partial charge on any atom is -0.369 e. The Hall–Kier alpha value is -1.64. The van der Waals surface area contributed by atoms with Gasteiger partial charge in [0.25, 0.3) is 0 Å². The maximum absolute atomic E-state index is 12.9. The highest BCUT2D eigenvalue weighted by molar-refractivity contribution is 5.78. The topological polar surface area (TPSA) is 43.1 Å². The first-order valence-electron chi connectivity index (χ1n) is 5.78. The molecule has 0 saturated carbocycles. The zero-order valence-electron chi connectivity index (χ0n) is 9.82. The monoisotopic (exact) mass is 233 g/mol. The molecule has 0 radical (unpaired) electrons. The summed E-state index contributed by atoms with van der Waals surface area (Å²) in [5.74, 6) is -0.627. The molecule has 0 fully saturated rings. The van der Waals surface area contributed by atoms with E-state index in [1.807, 2.05) is 6.92 Å². The predicted molar refractivity (Wildman–Crippen MR) is 64.8 cm³/mol. The van der Waals surface area contributed by atoms with Crippen LogP contribution in [0, 0.1) is 11.7 Å². The number of halogens is 1. The summed E-state index contributed by atoms with van der Waals surface area (Å²) in [5.41, 5.74) is 7.68. The maximum atomic E-state index is 12.9. The van der Waals surface area contributed by atoms with Gasteiger partial charge >= 0.3 is 0 Å². The van der Waals surface area contributed by atoms with Gasteiger partial charge in [-0.15, -0.1) is 0 Å². The van der Waals surface area contributed by atoms with Crippen molar-refractivity contribution < 1.29 is 9.18 Å². The predicted octanol–water partition coefficient (Wildman–Crippen LogP) is 2.75. The molecule has 0 saturated heterocycles. The van der Waals surface area contributed by atoms with Crippen molar-refractivity contribution in [2.75, 3.05) is 0 Å². The Labute approximate surface area is 100 Å². The second kappa shape index (κ2) is 4.70. The summed E-state index contributed by atoms with van der Waals surface area (Å²) < 4.78 is 12.9. The van der Waals surface area contributed by atoms with Crippen molar-refractivity contribution in [3.05, 3.63) is 47.3 Å². The fourth-order valence-corrected chi connectivity index (χ4v) is 2.44. The van der Waals surface area contributed by atoms with Gasteiger partial charge < -0.3 is 5.73 Å². The van der Waals surface area contributed by atoms with E-state index in [-0.39, 0.29) is 23.6 Å². The van der Waals surface area contributed by atoms with Crippen LogP contribution in [-0.2, 0) is 4.79 Å². The zero-order valence-corrected chi connectivity index (χ0v) is 9.82. The number of allylic oxidation sites excluding steroid dienone is 2. The summed E-state index contributed by atoms with van der Waals surface area (Å²) in [6, 6.07) is 6.35. The van der Waals surface area contributed by atoms with Crippen molar-refractivity contribution in [1.82, 2.24) is 0 Å². The summed E-state index contributed by atoms with van der Waals surface area (Å²) in [7, 11) is 0. The van der Waals surface area contributed by atoms with Crippen LogP contribution in [-0.4, -0.2) is 5.91 Å². The van der Waals surface area contributed by atoms with Crippen LogP contribution < -0.4 is 5.73 Å². The van der Waals surface area contributed by atoms with Gasteiger partial charge in [0.2, 0.25) is 5.91 Å². The summed E-state index contributed by atoms with van der Waals surface area (Å²) in [6.07, 6.45) is 3.57. The van der Waals surface area contributed by atoms with E-state index in [0.29, 0.717) is 6.42 Å². The van der Waals surface area contributed by atoms with Crippen LogP contribution in [0.3, 0.4) is 0 Å². The number of carbonyl (C=O) groups excluding carboxylic acids is 1. The first-order valence-corrected chi connectivity index (χ1v) is 5.78. The number of amides is 1. The molecule has 0 aromatic heterocycles. The third-order valence-electron chi connectivity index (χ3n) is 3.41. The summed E-state index contributed by atoms with van der Waals surface area (Å²) >= 11 is 0. The molecule has 1 aromatic carbocycles. The molecule has 3 heteroatoms. The second-order valence-corrected chi connectivity index (χ2v) is 4.66. The largest absolute Gasteiger partial charge is 0.369 e. The smallest absolute Gasteiger partial charge is 0.221 e. The average Bonchev–Trinajstić information content (AvgIpc) is 2.29. The molecule has 2 atom stereocenters. The number of primary amides is 1. The van der Waals surface area contributed by atoms with E-state index in [1.54, 1.807) is 12.1 Å². The third-order valence-corrected chi connectivity index (χ3v) is 3.41. The number of rotatable bonds is 2. The Morgan fingerprint density at radius 3 is 2.59 bits per heavy atom. The van der Waals surface area contributed by atoms with E-state index >= 15 is 0 Å². The molecule has 1 amide bonds. The van der Waals surface area contributed by atoms with Crippen molar-refractivity contribution in [3.63, 3.8) is 0 Å². The molecule has 0 unspecified atom stereocenters. The van der Waals surface area contributed by atoms with Gasteiger partial charge in [0.15, 0.2) is 0 Å². The first kappa shape index (κ1) is 11.8. The molecule has 2 rings (SSSR count). The van der Waals surface area contributed by atoms with Crippen molar-refractivity contribution in [1.29, 1.82) is 0 Å². The van der Waals surface area contributed by atoms with E-state index < -0.39 is 0 Å². The van der Waals surface area contributed by atoms with Gasteiger partial charge in [0.05, 0.1) is 0 Å². The van der Waals surface area contributed by atoms with Crippen molar-refractivity contribution in [3.8, 4) is 0 Å². The quantitative estimate of drug-likeness (QED) is 0.784. The first-order chi connectivity index (χ1) is 8.08. The van der Waals surface area contributed by atoms with Crippen LogP contribution >= 0.6 is 0 Å². The highest BCUT2D eigenvalue weighted by atomic mass is 19.1. The van der Waals surface area contributed by atoms with E-state index in [4.69, 9.17) is 5.73 Å². The molecule has 1 aliphatic carbocycles. The van der Waals surface area contributed by atoms with Crippen LogP contribution in [0.15, 0.2) is 35.9 Å². The van der Waals surface area contributed by atoms with Gasteiger partial charge in [-0.05, 0) is 43.4 Å². The van der Waals surface area contributed by atoms with Crippen LogP contribution in [0.2, 0.25) is 0 Å². The summed E-state index contributed by atoms with van der Waals surface area (Å²) in [5, 5.41) is 0. The summed E-state index contributed by atoms with van der Waals surface area (Å²) in [4.78, 5) is 11.4. The van der Waals surface area contributed by atoms with Gasteiger partial charge in [-0.2, -0.15) is 0 Å². The van der Waals surface area contributed by atoms with Gasteiger partial charge in [0.1, 0.15) is 5.82 Å². The Morgan fingerprint density at radius 1 is 1.35 bits per heavy atom. The minimum absolute atomic E-state index is 0.0816. The molecule has 17 heavy (non-hydrogen) atoms. The van der Waals surface area contributed by atoms with Crippen molar-refractivity contribution >= 4 is 5.91 Å². The SMILES string of the molecule is CC1=CC[C@H](C(N)=O)[C@@H](c2ccc(F)cc2)C1. The molecular formula is C14H16FNO. The van der Waals surface area contributed by atoms with E-state index in [9.17, 15) is 9.18 Å². The Bertz CT molecular complexity index is 450. The molecule has 0 heterocycles. The number of carbonyl (C=O) groups is 1. The third kappa shape index (κ3) is 2.54. The molecule has 0 bridgehead atoms. The Kier molecular flexibility index (Phi) is 3.27. The second-order valence-electron chi connectivity index (χ2n) is 4.66. The normalized spacial score (nSPS) is 24.2. The minimum atomic E-state index is -0.275. The molecular weight excluding hydrogens is 217 g/mol. The van der Waals surface area contributed by atoms with E-state index in [0.717, 1.165) is 12.0 Å². The molecule has 90 valence electrons.